The molecule has 0 radical (unpaired) electrons. The van der Waals surface area contributed by atoms with Crippen molar-refractivity contribution in [1.29, 1.82) is 0 Å². The smallest absolute Gasteiger partial charge is 0.306 e. The van der Waals surface area contributed by atoms with E-state index < -0.39 is 5.97 Å². The zero-order valence-electron chi connectivity index (χ0n) is 18.8. The second-order valence-corrected chi connectivity index (χ2v) is 8.28. The minimum absolute atomic E-state index is 0.0836. The highest BCUT2D eigenvalue weighted by Gasteiger charge is 2.35. The van der Waals surface area contributed by atoms with E-state index in [2.05, 4.69) is 0 Å². The Morgan fingerprint density at radius 1 is 1.12 bits per heavy atom. The molecule has 9 heteroatoms. The molecular formula is C25H25ClO8. The third-order valence-electron chi connectivity index (χ3n) is 5.68. The Hall–Kier alpha value is -3.23. The first-order chi connectivity index (χ1) is 16.4. The van der Waals surface area contributed by atoms with Gasteiger partial charge in [-0.1, -0.05) is 17.7 Å². The summed E-state index contributed by atoms with van der Waals surface area (Å²) in [6, 6.07) is 9.75. The van der Waals surface area contributed by atoms with Crippen LogP contribution in [0.4, 0.5) is 0 Å². The van der Waals surface area contributed by atoms with Crippen LogP contribution in [-0.4, -0.2) is 44.1 Å². The quantitative estimate of drug-likeness (QED) is 0.406. The normalized spacial score (nSPS) is 17.3. The summed E-state index contributed by atoms with van der Waals surface area (Å²) in [6.07, 6.45) is 0.918. The van der Waals surface area contributed by atoms with Crippen molar-refractivity contribution in [2.75, 3.05) is 26.9 Å². The molecular weight excluding hydrogens is 464 g/mol. The summed E-state index contributed by atoms with van der Waals surface area (Å²) in [6.45, 7) is 2.76. The highest BCUT2D eigenvalue weighted by Crippen LogP contribution is 2.41. The van der Waals surface area contributed by atoms with Gasteiger partial charge in [-0.3, -0.25) is 9.59 Å². The van der Waals surface area contributed by atoms with E-state index in [0.29, 0.717) is 52.7 Å². The van der Waals surface area contributed by atoms with Gasteiger partial charge in [0.25, 0.3) is 0 Å². The molecule has 0 spiro atoms. The van der Waals surface area contributed by atoms with Gasteiger partial charge in [0.15, 0.2) is 22.5 Å². The fraction of sp³-hybridized carbons (Fsp3) is 0.360. The van der Waals surface area contributed by atoms with Crippen LogP contribution >= 0.6 is 11.6 Å². The monoisotopic (exact) mass is 488 g/mol. The number of benzene rings is 2. The number of carboxylic acid groups (broad SMARTS) is 1. The van der Waals surface area contributed by atoms with Crippen LogP contribution in [0.15, 0.2) is 45.6 Å². The Balaban J connectivity index is 1.61. The predicted octanol–water partition coefficient (Wildman–Crippen LogP) is 4.78. The molecule has 0 saturated heterocycles. The van der Waals surface area contributed by atoms with Gasteiger partial charge in [0, 0.05) is 12.1 Å². The number of halogens is 1. The maximum Gasteiger partial charge on any atom is 0.306 e. The first kappa shape index (κ1) is 23.9. The Morgan fingerprint density at radius 3 is 2.62 bits per heavy atom. The molecule has 0 unspecified atom stereocenters. The van der Waals surface area contributed by atoms with Gasteiger partial charge in [-0.25, -0.2) is 0 Å². The van der Waals surface area contributed by atoms with Crippen molar-refractivity contribution in [2.24, 2.45) is 5.92 Å². The lowest BCUT2D eigenvalue weighted by Gasteiger charge is -2.32. The van der Waals surface area contributed by atoms with Gasteiger partial charge < -0.3 is 28.5 Å². The van der Waals surface area contributed by atoms with Gasteiger partial charge >= 0.3 is 5.97 Å². The minimum atomic E-state index is -0.792. The standard InChI is InChI=1S/C25H25ClO8/c1-3-31-23-13-20(33-8-7-32-15-9-14(10-15)25(28)29)17(11-22(23)30-2)21-12-19(27)16-5-4-6-18(26)24(16)34-21/h4-6,11-15H,3,7-10H2,1-2H3,(H,28,29)/t14-,15+. The fourth-order valence-corrected chi connectivity index (χ4v) is 4.04. The molecule has 1 saturated carbocycles. The van der Waals surface area contributed by atoms with Gasteiger partial charge in [-0.05, 0) is 38.0 Å². The molecule has 0 aliphatic heterocycles. The number of hydrogen-bond acceptors (Lipinski definition) is 7. The van der Waals surface area contributed by atoms with Crippen molar-refractivity contribution in [1.82, 2.24) is 0 Å². The number of aliphatic carboxylic acids is 1. The molecule has 1 fully saturated rings. The maximum atomic E-state index is 12.7. The van der Waals surface area contributed by atoms with E-state index in [1.807, 2.05) is 6.92 Å². The van der Waals surface area contributed by atoms with E-state index in [9.17, 15) is 9.59 Å². The molecule has 1 N–H and O–H groups in total. The van der Waals surface area contributed by atoms with E-state index in [4.69, 9.17) is 40.1 Å². The predicted molar refractivity (Wildman–Crippen MR) is 126 cm³/mol. The van der Waals surface area contributed by atoms with Crippen LogP contribution in [0.2, 0.25) is 5.02 Å². The van der Waals surface area contributed by atoms with Crippen LogP contribution < -0.4 is 19.6 Å². The van der Waals surface area contributed by atoms with Crippen LogP contribution in [0, 0.1) is 5.92 Å². The number of rotatable bonds is 10. The number of para-hydroxylation sites is 1. The number of carboxylic acids is 1. The van der Waals surface area contributed by atoms with Crippen LogP contribution in [-0.2, 0) is 9.53 Å². The molecule has 34 heavy (non-hydrogen) atoms. The van der Waals surface area contributed by atoms with E-state index in [0.717, 1.165) is 0 Å². The summed E-state index contributed by atoms with van der Waals surface area (Å²) >= 11 is 6.27. The summed E-state index contributed by atoms with van der Waals surface area (Å²) in [7, 11) is 1.52. The molecule has 180 valence electrons. The first-order valence-electron chi connectivity index (χ1n) is 11.0. The SMILES string of the molecule is CCOc1cc(OCCO[C@H]2C[C@@H](C(=O)O)C2)c(-c2cc(=O)c3cccc(Cl)c3o2)cc1OC. The lowest BCUT2D eigenvalue weighted by atomic mass is 9.82. The molecule has 0 bridgehead atoms. The third kappa shape index (κ3) is 4.98. The number of fused-ring (bicyclic) bond motifs is 1. The first-order valence-corrected chi connectivity index (χ1v) is 11.3. The molecule has 1 aromatic heterocycles. The maximum absolute atomic E-state index is 12.7. The highest BCUT2D eigenvalue weighted by molar-refractivity contribution is 6.34. The van der Waals surface area contributed by atoms with Crippen molar-refractivity contribution < 1.29 is 33.3 Å². The molecule has 4 rings (SSSR count). The molecule has 0 atom stereocenters. The van der Waals surface area contributed by atoms with Crippen molar-refractivity contribution in [3.63, 3.8) is 0 Å². The third-order valence-corrected chi connectivity index (χ3v) is 5.97. The van der Waals surface area contributed by atoms with Crippen LogP contribution in [0.1, 0.15) is 19.8 Å². The molecule has 1 heterocycles. The topological polar surface area (TPSA) is 104 Å². The number of methoxy groups -OCH3 is 1. The van der Waals surface area contributed by atoms with E-state index in [1.54, 1.807) is 30.3 Å². The van der Waals surface area contributed by atoms with Crippen LogP contribution in [0.3, 0.4) is 0 Å². The lowest BCUT2D eigenvalue weighted by molar-refractivity contribution is -0.151. The molecule has 1 aliphatic carbocycles. The second-order valence-electron chi connectivity index (χ2n) is 7.87. The van der Waals surface area contributed by atoms with Gasteiger partial charge in [-0.2, -0.15) is 0 Å². The summed E-state index contributed by atoms with van der Waals surface area (Å²) in [5.74, 6) is 0.492. The molecule has 2 aromatic carbocycles. The van der Waals surface area contributed by atoms with Crippen molar-refractivity contribution >= 4 is 28.5 Å². The van der Waals surface area contributed by atoms with Gasteiger partial charge in [0.1, 0.15) is 18.1 Å². The Kier molecular flexibility index (Phi) is 7.29. The van der Waals surface area contributed by atoms with Crippen molar-refractivity contribution in [2.45, 2.75) is 25.9 Å². The summed E-state index contributed by atoms with van der Waals surface area (Å²) in [5.41, 5.74) is 0.541. The average Bonchev–Trinajstić information content (AvgIpc) is 2.78. The Morgan fingerprint density at radius 2 is 1.91 bits per heavy atom. The Labute approximate surface area is 200 Å². The average molecular weight is 489 g/mol. The molecule has 8 nitrogen and oxygen atoms in total. The van der Waals surface area contributed by atoms with Gasteiger partial charge in [-0.15, -0.1) is 0 Å². The molecule has 3 aromatic rings. The highest BCUT2D eigenvalue weighted by atomic mass is 35.5. The zero-order valence-corrected chi connectivity index (χ0v) is 19.6. The number of carbonyl (C=O) groups is 1. The van der Waals surface area contributed by atoms with E-state index >= 15 is 0 Å². The summed E-state index contributed by atoms with van der Waals surface area (Å²) in [4.78, 5) is 23.7. The van der Waals surface area contributed by atoms with E-state index in [1.165, 1.54) is 13.2 Å². The summed E-state index contributed by atoms with van der Waals surface area (Å²) in [5, 5.41) is 9.69. The molecule has 0 amide bonds. The zero-order chi connectivity index (χ0) is 24.2. The van der Waals surface area contributed by atoms with Crippen LogP contribution in [0.5, 0.6) is 17.2 Å². The van der Waals surface area contributed by atoms with Gasteiger partial charge in [0.05, 0.1) is 48.3 Å². The fourth-order valence-electron chi connectivity index (χ4n) is 3.83. The summed E-state index contributed by atoms with van der Waals surface area (Å²) < 4.78 is 28.8. The number of hydrogen-bond donors (Lipinski definition) is 1. The van der Waals surface area contributed by atoms with Crippen molar-refractivity contribution in [3.05, 3.63) is 51.6 Å². The van der Waals surface area contributed by atoms with Gasteiger partial charge in [0.2, 0.25) is 0 Å². The largest absolute Gasteiger partial charge is 0.493 e. The number of ether oxygens (including phenoxy) is 4. The Bertz CT molecular complexity index is 1250. The van der Waals surface area contributed by atoms with Crippen molar-refractivity contribution in [3.8, 4) is 28.6 Å². The van der Waals surface area contributed by atoms with E-state index in [-0.39, 0.29) is 42.0 Å². The van der Waals surface area contributed by atoms with Crippen LogP contribution in [0.25, 0.3) is 22.3 Å². The molecule has 1 aliphatic rings. The lowest BCUT2D eigenvalue weighted by Crippen LogP contribution is -2.37. The second kappa shape index (κ2) is 10.4. The minimum Gasteiger partial charge on any atom is -0.493 e.